The molecule has 2 aromatic rings. The zero-order chi connectivity index (χ0) is 15.8. The van der Waals surface area contributed by atoms with E-state index in [0.29, 0.717) is 12.3 Å². The molecule has 0 bridgehead atoms. The Morgan fingerprint density at radius 2 is 1.55 bits per heavy atom. The molecule has 0 fully saturated rings. The van der Waals surface area contributed by atoms with E-state index >= 15 is 0 Å². The molecule has 116 valence electrons. The van der Waals surface area contributed by atoms with Crippen LogP contribution in [0, 0.1) is 0 Å². The lowest BCUT2D eigenvalue weighted by atomic mass is 9.88. The maximum Gasteiger partial charge on any atom is 0.130 e. The van der Waals surface area contributed by atoms with Crippen molar-refractivity contribution in [1.29, 1.82) is 0 Å². The number of carbonyl (C=O) groups is 1. The van der Waals surface area contributed by atoms with Crippen LogP contribution in [0.5, 0.6) is 0 Å². The van der Waals surface area contributed by atoms with Crippen molar-refractivity contribution in [2.45, 2.75) is 51.9 Å². The van der Waals surface area contributed by atoms with Crippen LogP contribution >= 0.6 is 0 Å². The van der Waals surface area contributed by atoms with Crippen molar-refractivity contribution in [1.82, 2.24) is 0 Å². The number of unbranched alkanes of at least 4 members (excludes halogenated alkanes) is 2. The van der Waals surface area contributed by atoms with Gasteiger partial charge >= 0.3 is 0 Å². The molecular weight excluding hydrogens is 268 g/mol. The summed E-state index contributed by atoms with van der Waals surface area (Å²) in [6.07, 6.45) is 5.44. The minimum absolute atomic E-state index is 0.286. The van der Waals surface area contributed by atoms with Crippen molar-refractivity contribution >= 4 is 5.78 Å². The van der Waals surface area contributed by atoms with E-state index in [4.69, 9.17) is 0 Å². The van der Waals surface area contributed by atoms with Crippen LogP contribution in [-0.4, -0.2) is 5.78 Å². The first-order valence-electron chi connectivity index (χ1n) is 8.35. The summed E-state index contributed by atoms with van der Waals surface area (Å²) in [5, 5.41) is 0. The topological polar surface area (TPSA) is 17.1 Å². The third-order valence-electron chi connectivity index (χ3n) is 4.18. The van der Waals surface area contributed by atoms with Gasteiger partial charge in [-0.3, -0.25) is 0 Å². The van der Waals surface area contributed by atoms with Gasteiger partial charge in [0.05, 0.1) is 0 Å². The summed E-state index contributed by atoms with van der Waals surface area (Å²) in [6, 6.07) is 19.2. The second kappa shape index (κ2) is 8.53. The smallest absolute Gasteiger partial charge is 0.130 e. The summed E-state index contributed by atoms with van der Waals surface area (Å²) in [7, 11) is 0. The Bertz CT molecular complexity index is 569. The molecular formula is C21H26O. The first kappa shape index (κ1) is 16.5. The highest BCUT2D eigenvalue weighted by atomic mass is 16.1. The molecule has 0 unspecified atom stereocenters. The third-order valence-corrected chi connectivity index (χ3v) is 4.18. The Morgan fingerprint density at radius 1 is 0.909 bits per heavy atom. The summed E-state index contributed by atoms with van der Waals surface area (Å²) >= 11 is 0. The van der Waals surface area contributed by atoms with E-state index < -0.39 is 0 Å². The Kier molecular flexibility index (Phi) is 6.39. The molecule has 0 N–H and O–H groups in total. The molecule has 0 amide bonds. The van der Waals surface area contributed by atoms with Crippen molar-refractivity contribution < 1.29 is 4.79 Å². The molecule has 0 aromatic heterocycles. The molecule has 1 nitrogen and oxygen atoms in total. The zero-order valence-electron chi connectivity index (χ0n) is 13.7. The molecule has 0 saturated heterocycles. The predicted octanol–water partition coefficient (Wildman–Crippen LogP) is 6.00. The largest absolute Gasteiger partial charge is 0.300 e. The first-order valence-corrected chi connectivity index (χ1v) is 8.35. The Labute approximate surface area is 134 Å². The van der Waals surface area contributed by atoms with Crippen LogP contribution < -0.4 is 0 Å². The van der Waals surface area contributed by atoms with E-state index in [1.54, 1.807) is 6.92 Å². The van der Waals surface area contributed by atoms with E-state index in [1.807, 2.05) is 6.07 Å². The van der Waals surface area contributed by atoms with Crippen molar-refractivity contribution in [2.24, 2.45) is 0 Å². The molecule has 1 atom stereocenters. The molecule has 0 aliphatic carbocycles. The highest BCUT2D eigenvalue weighted by Gasteiger charge is 2.13. The molecule has 0 aliphatic heterocycles. The summed E-state index contributed by atoms with van der Waals surface area (Å²) in [4.78, 5) is 11.5. The Hall–Kier alpha value is -1.89. The lowest BCUT2D eigenvalue weighted by Crippen LogP contribution is -2.04. The van der Waals surface area contributed by atoms with E-state index in [9.17, 15) is 4.79 Å². The number of carbonyl (C=O) groups excluding carboxylic acids is 1. The normalized spacial score (nSPS) is 12.1. The molecule has 0 radical (unpaired) electrons. The van der Waals surface area contributed by atoms with Crippen LogP contribution in [0.2, 0.25) is 0 Å². The van der Waals surface area contributed by atoms with E-state index in [0.717, 1.165) is 6.42 Å². The predicted molar refractivity (Wildman–Crippen MR) is 94.1 cm³/mol. The molecule has 0 heterocycles. The number of rotatable bonds is 8. The fraction of sp³-hybridized carbons (Fsp3) is 0.381. The summed E-state index contributed by atoms with van der Waals surface area (Å²) in [5.74, 6) is 0.655. The van der Waals surface area contributed by atoms with Gasteiger partial charge in [-0.05, 0) is 36.0 Å². The second-order valence-electron chi connectivity index (χ2n) is 6.09. The average molecular weight is 294 g/mol. The van der Waals surface area contributed by atoms with Gasteiger partial charge in [0.1, 0.15) is 5.78 Å². The summed E-state index contributed by atoms with van der Waals surface area (Å²) in [5.41, 5.74) is 3.77. The molecule has 2 rings (SSSR count). The van der Waals surface area contributed by atoms with E-state index in [1.165, 1.54) is 36.0 Å². The van der Waals surface area contributed by atoms with Gasteiger partial charge in [0, 0.05) is 6.42 Å². The zero-order valence-corrected chi connectivity index (χ0v) is 13.7. The lowest BCUT2D eigenvalue weighted by molar-refractivity contribution is -0.117. The van der Waals surface area contributed by atoms with Gasteiger partial charge in [0.25, 0.3) is 0 Å². The molecule has 0 aliphatic rings. The highest BCUT2D eigenvalue weighted by Crippen LogP contribution is 2.28. The van der Waals surface area contributed by atoms with Gasteiger partial charge in [0.2, 0.25) is 0 Å². The minimum Gasteiger partial charge on any atom is -0.300 e. The number of hydrogen-bond acceptors (Lipinski definition) is 1. The van der Waals surface area contributed by atoms with Crippen molar-refractivity contribution in [3.05, 3.63) is 60.2 Å². The van der Waals surface area contributed by atoms with Gasteiger partial charge in [-0.25, -0.2) is 0 Å². The monoisotopic (exact) mass is 294 g/mol. The van der Waals surface area contributed by atoms with E-state index in [2.05, 4.69) is 55.5 Å². The quantitative estimate of drug-likeness (QED) is 0.546. The summed E-state index contributed by atoms with van der Waals surface area (Å²) < 4.78 is 0. The summed E-state index contributed by atoms with van der Waals surface area (Å²) in [6.45, 7) is 3.92. The van der Waals surface area contributed by atoms with Gasteiger partial charge in [-0.15, -0.1) is 0 Å². The van der Waals surface area contributed by atoms with Gasteiger partial charge in [-0.2, -0.15) is 0 Å². The number of Topliss-reactive ketones (excluding diaryl/α,β-unsaturated/α-hetero) is 1. The Morgan fingerprint density at radius 3 is 2.14 bits per heavy atom. The maximum absolute atomic E-state index is 11.5. The number of benzene rings is 2. The minimum atomic E-state index is 0.286. The average Bonchev–Trinajstić information content (AvgIpc) is 2.55. The van der Waals surface area contributed by atoms with Crippen LogP contribution in [0.15, 0.2) is 54.6 Å². The molecule has 22 heavy (non-hydrogen) atoms. The SMILES string of the molecule is CCCCC[C@H](CC(C)=O)c1ccc(-c2ccccc2)cc1. The van der Waals surface area contributed by atoms with Crippen LogP contribution in [0.3, 0.4) is 0 Å². The maximum atomic E-state index is 11.5. The van der Waals surface area contributed by atoms with Crippen LogP contribution in [-0.2, 0) is 4.79 Å². The van der Waals surface area contributed by atoms with Crippen LogP contribution in [0.1, 0.15) is 57.4 Å². The fourth-order valence-corrected chi connectivity index (χ4v) is 2.95. The van der Waals surface area contributed by atoms with Crippen LogP contribution in [0.25, 0.3) is 11.1 Å². The molecule has 1 heteroatoms. The second-order valence-corrected chi connectivity index (χ2v) is 6.09. The van der Waals surface area contributed by atoms with Gasteiger partial charge < -0.3 is 4.79 Å². The Balaban J connectivity index is 2.12. The number of ketones is 1. The van der Waals surface area contributed by atoms with Crippen molar-refractivity contribution in [2.75, 3.05) is 0 Å². The van der Waals surface area contributed by atoms with Crippen LogP contribution in [0.4, 0.5) is 0 Å². The fourth-order valence-electron chi connectivity index (χ4n) is 2.95. The van der Waals surface area contributed by atoms with Gasteiger partial charge in [-0.1, -0.05) is 80.8 Å². The molecule has 0 spiro atoms. The number of hydrogen-bond donors (Lipinski definition) is 0. The standard InChI is InChI=1S/C21H26O/c1-3-4-6-11-21(16-17(2)22)20-14-12-19(13-15-20)18-9-7-5-8-10-18/h5,7-10,12-15,21H,3-4,6,11,16H2,1-2H3/t21-/m1/s1. The first-order chi connectivity index (χ1) is 10.7. The van der Waals surface area contributed by atoms with Crippen molar-refractivity contribution in [3.8, 4) is 11.1 Å². The molecule has 2 aromatic carbocycles. The molecule has 0 saturated carbocycles. The lowest BCUT2D eigenvalue weighted by Gasteiger charge is -2.16. The highest BCUT2D eigenvalue weighted by molar-refractivity contribution is 5.76. The van der Waals surface area contributed by atoms with Crippen molar-refractivity contribution in [3.63, 3.8) is 0 Å². The van der Waals surface area contributed by atoms with Gasteiger partial charge in [0.15, 0.2) is 0 Å². The third kappa shape index (κ3) is 4.84. The van der Waals surface area contributed by atoms with E-state index in [-0.39, 0.29) is 5.78 Å².